The third-order valence-electron chi connectivity index (χ3n) is 2.82. The van der Waals surface area contributed by atoms with Gasteiger partial charge in [0.15, 0.2) is 5.11 Å². The van der Waals surface area contributed by atoms with Crippen molar-refractivity contribution in [1.29, 1.82) is 0 Å². The van der Waals surface area contributed by atoms with Crippen molar-refractivity contribution in [3.63, 3.8) is 0 Å². The maximum Gasteiger partial charge on any atom is 0.411 e. The molecular formula is C15H17F3N4O2S. The molecule has 1 heterocycles. The van der Waals surface area contributed by atoms with Gasteiger partial charge in [0.25, 0.3) is 0 Å². The fourth-order valence-corrected chi connectivity index (χ4v) is 2.12. The lowest BCUT2D eigenvalue weighted by Gasteiger charge is -2.13. The number of nitrogens with zero attached hydrogens (tertiary/aromatic N) is 2. The van der Waals surface area contributed by atoms with E-state index in [1.165, 1.54) is 17.1 Å². The van der Waals surface area contributed by atoms with Crippen molar-refractivity contribution in [3.05, 3.63) is 36.7 Å². The van der Waals surface area contributed by atoms with Crippen molar-refractivity contribution in [2.45, 2.75) is 19.8 Å². The van der Waals surface area contributed by atoms with Gasteiger partial charge in [-0.2, -0.15) is 18.3 Å². The predicted octanol–water partition coefficient (Wildman–Crippen LogP) is 3.63. The molecule has 0 radical (unpaired) electrons. The third-order valence-corrected chi connectivity index (χ3v) is 3.02. The predicted molar refractivity (Wildman–Crippen MR) is 91.7 cm³/mol. The largest absolute Gasteiger partial charge is 0.492 e. The number of halogens is 3. The summed E-state index contributed by atoms with van der Waals surface area (Å²) in [5, 5.41) is 10.1. The molecule has 0 saturated heterocycles. The van der Waals surface area contributed by atoms with Gasteiger partial charge < -0.3 is 20.1 Å². The summed E-state index contributed by atoms with van der Waals surface area (Å²) in [6, 6.07) is 7.30. The number of alkyl halides is 3. The molecule has 0 bridgehead atoms. The number of nitrogens with one attached hydrogen (secondary N) is 2. The minimum absolute atomic E-state index is 0.294. The van der Waals surface area contributed by atoms with Gasteiger partial charge in [-0.1, -0.05) is 12.1 Å². The fraction of sp³-hybridized carbons (Fsp3) is 0.333. The summed E-state index contributed by atoms with van der Waals surface area (Å²) in [6.45, 7) is 0.754. The second-order valence-electron chi connectivity index (χ2n) is 4.87. The minimum Gasteiger partial charge on any atom is -0.492 e. The third kappa shape index (κ3) is 6.59. The highest BCUT2D eigenvalue weighted by Gasteiger charge is 2.27. The monoisotopic (exact) mass is 374 g/mol. The molecule has 2 aromatic rings. The molecule has 0 aliphatic heterocycles. The van der Waals surface area contributed by atoms with E-state index >= 15 is 0 Å². The molecular weight excluding hydrogens is 357 g/mol. The highest BCUT2D eigenvalue weighted by molar-refractivity contribution is 7.80. The van der Waals surface area contributed by atoms with Crippen LogP contribution in [0.25, 0.3) is 0 Å². The van der Waals surface area contributed by atoms with Crippen LogP contribution in [-0.4, -0.2) is 34.3 Å². The van der Waals surface area contributed by atoms with E-state index in [4.69, 9.17) is 17.0 Å². The number of hydrogen-bond acceptors (Lipinski definition) is 4. The fourth-order valence-electron chi connectivity index (χ4n) is 1.89. The maximum absolute atomic E-state index is 12.0. The first kappa shape index (κ1) is 19.0. The zero-order valence-corrected chi connectivity index (χ0v) is 14.2. The SMILES string of the molecule is CCOc1ccccc1NC(=S)Nc1cnn(COCC(F)(F)F)c1. The Morgan fingerprint density at radius 3 is 2.76 bits per heavy atom. The van der Waals surface area contributed by atoms with Crippen molar-refractivity contribution in [1.82, 2.24) is 9.78 Å². The van der Waals surface area contributed by atoms with Gasteiger partial charge in [-0.3, -0.25) is 0 Å². The summed E-state index contributed by atoms with van der Waals surface area (Å²) >= 11 is 5.21. The molecule has 0 saturated carbocycles. The second kappa shape index (κ2) is 8.67. The molecule has 0 unspecified atom stereocenters. The van der Waals surface area contributed by atoms with Crippen LogP contribution in [0.15, 0.2) is 36.7 Å². The number of aromatic nitrogens is 2. The van der Waals surface area contributed by atoms with Crippen molar-refractivity contribution in [3.8, 4) is 5.75 Å². The standard InChI is InChI=1S/C15H17F3N4O2S/c1-2-24-13-6-4-3-5-12(13)21-14(25)20-11-7-19-22(8-11)10-23-9-15(16,17)18/h3-8H,2,9-10H2,1H3,(H2,20,21,25). The van der Waals surface area contributed by atoms with E-state index in [1.807, 2.05) is 31.2 Å². The Kier molecular flexibility index (Phi) is 6.59. The first-order valence-electron chi connectivity index (χ1n) is 7.34. The van der Waals surface area contributed by atoms with Gasteiger partial charge in [-0.15, -0.1) is 0 Å². The van der Waals surface area contributed by atoms with E-state index in [1.54, 1.807) is 0 Å². The number of anilines is 2. The van der Waals surface area contributed by atoms with Gasteiger partial charge in [0.05, 0.1) is 30.4 Å². The Hall–Kier alpha value is -2.33. The van der Waals surface area contributed by atoms with Gasteiger partial charge in [0, 0.05) is 0 Å². The Balaban J connectivity index is 1.87. The normalized spacial score (nSPS) is 11.2. The quantitative estimate of drug-likeness (QED) is 0.722. The van der Waals surface area contributed by atoms with Gasteiger partial charge in [0.1, 0.15) is 19.1 Å². The summed E-state index contributed by atoms with van der Waals surface area (Å²) in [5.74, 6) is 0.658. The van der Waals surface area contributed by atoms with Gasteiger partial charge in [-0.05, 0) is 31.3 Å². The van der Waals surface area contributed by atoms with E-state index in [2.05, 4.69) is 20.5 Å². The summed E-state index contributed by atoms with van der Waals surface area (Å²) in [7, 11) is 0. The lowest BCUT2D eigenvalue weighted by atomic mass is 10.3. The van der Waals surface area contributed by atoms with Gasteiger partial charge >= 0.3 is 6.18 Å². The number of benzene rings is 1. The first-order chi connectivity index (χ1) is 11.9. The molecule has 0 fully saturated rings. The van der Waals surface area contributed by atoms with Crippen LogP contribution in [0.1, 0.15) is 6.92 Å². The van der Waals surface area contributed by atoms with Crippen LogP contribution in [0.4, 0.5) is 24.5 Å². The molecule has 2 N–H and O–H groups in total. The van der Waals surface area contributed by atoms with Crippen LogP contribution in [0, 0.1) is 0 Å². The molecule has 0 amide bonds. The highest BCUT2D eigenvalue weighted by Crippen LogP contribution is 2.23. The number of rotatable bonds is 7. The molecule has 0 atom stereocenters. The van der Waals surface area contributed by atoms with Crippen LogP contribution in [-0.2, 0) is 11.5 Å². The van der Waals surface area contributed by atoms with Crippen LogP contribution >= 0.6 is 12.2 Å². The second-order valence-corrected chi connectivity index (χ2v) is 5.28. The Morgan fingerprint density at radius 2 is 2.04 bits per heavy atom. The van der Waals surface area contributed by atoms with Crippen molar-refractivity contribution >= 4 is 28.7 Å². The molecule has 2 rings (SSSR count). The summed E-state index contributed by atoms with van der Waals surface area (Å²) in [6.07, 6.45) is -1.45. The average molecular weight is 374 g/mol. The van der Waals surface area contributed by atoms with E-state index in [9.17, 15) is 13.2 Å². The zero-order valence-electron chi connectivity index (χ0n) is 13.3. The van der Waals surface area contributed by atoms with Crippen LogP contribution < -0.4 is 15.4 Å². The molecule has 10 heteroatoms. The zero-order chi connectivity index (χ0) is 18.3. The van der Waals surface area contributed by atoms with Crippen molar-refractivity contribution < 1.29 is 22.6 Å². The first-order valence-corrected chi connectivity index (χ1v) is 7.75. The lowest BCUT2D eigenvalue weighted by Crippen LogP contribution is -2.19. The average Bonchev–Trinajstić information content (AvgIpc) is 2.95. The van der Waals surface area contributed by atoms with Crippen molar-refractivity contribution in [2.75, 3.05) is 23.8 Å². The molecule has 0 aliphatic carbocycles. The van der Waals surface area contributed by atoms with E-state index in [0.29, 0.717) is 28.8 Å². The van der Waals surface area contributed by atoms with Gasteiger partial charge in [-0.25, -0.2) is 4.68 Å². The maximum atomic E-state index is 12.0. The minimum atomic E-state index is -4.37. The summed E-state index contributed by atoms with van der Waals surface area (Å²) < 4.78 is 47.3. The van der Waals surface area contributed by atoms with Crippen LogP contribution in [0.5, 0.6) is 5.75 Å². The summed E-state index contributed by atoms with van der Waals surface area (Å²) in [4.78, 5) is 0. The number of hydrogen-bond donors (Lipinski definition) is 2. The van der Waals surface area contributed by atoms with Crippen LogP contribution in [0.2, 0.25) is 0 Å². The topological polar surface area (TPSA) is 60.3 Å². The molecule has 136 valence electrons. The smallest absolute Gasteiger partial charge is 0.411 e. The van der Waals surface area contributed by atoms with Crippen molar-refractivity contribution in [2.24, 2.45) is 0 Å². The molecule has 25 heavy (non-hydrogen) atoms. The number of para-hydroxylation sites is 2. The molecule has 1 aromatic carbocycles. The van der Waals surface area contributed by atoms with E-state index < -0.39 is 12.8 Å². The van der Waals surface area contributed by atoms with E-state index in [0.717, 1.165) is 0 Å². The van der Waals surface area contributed by atoms with Crippen LogP contribution in [0.3, 0.4) is 0 Å². The molecule has 0 aliphatic rings. The number of ether oxygens (including phenoxy) is 2. The van der Waals surface area contributed by atoms with Gasteiger partial charge in [0.2, 0.25) is 0 Å². The number of thiocarbonyl (C=S) groups is 1. The Bertz CT molecular complexity index is 706. The lowest BCUT2D eigenvalue weighted by molar-refractivity contribution is -0.182. The highest BCUT2D eigenvalue weighted by atomic mass is 32.1. The molecule has 6 nitrogen and oxygen atoms in total. The molecule has 1 aromatic heterocycles. The van der Waals surface area contributed by atoms with E-state index in [-0.39, 0.29) is 6.73 Å². The Morgan fingerprint density at radius 1 is 1.28 bits per heavy atom. The molecule has 0 spiro atoms. The summed E-state index contributed by atoms with van der Waals surface area (Å²) in [5.41, 5.74) is 1.21. The Labute approximate surface area is 147 Å².